The highest BCUT2D eigenvalue weighted by Gasteiger charge is 2.28. The number of nitrogens with one attached hydrogen (secondary N) is 2. The number of hydrogen-bond donors (Lipinski definition) is 2. The Morgan fingerprint density at radius 3 is 3.10 bits per heavy atom. The molecule has 1 aliphatic rings. The Morgan fingerprint density at radius 2 is 2.29 bits per heavy atom. The summed E-state index contributed by atoms with van der Waals surface area (Å²) in [7, 11) is 0. The molecule has 0 spiro atoms. The second-order valence-corrected chi connectivity index (χ2v) is 5.78. The summed E-state index contributed by atoms with van der Waals surface area (Å²) in [5, 5.41) is 9.66. The van der Waals surface area contributed by atoms with Crippen molar-refractivity contribution in [1.29, 1.82) is 0 Å². The first-order valence-electron chi connectivity index (χ1n) is 7.19. The van der Waals surface area contributed by atoms with Gasteiger partial charge in [-0.3, -0.25) is 9.89 Å². The molecule has 2 heterocycles. The van der Waals surface area contributed by atoms with Crippen molar-refractivity contribution in [1.82, 2.24) is 10.2 Å². The Kier molecular flexibility index (Phi) is 3.64. The van der Waals surface area contributed by atoms with Crippen molar-refractivity contribution in [2.75, 3.05) is 11.9 Å². The molecule has 0 saturated heterocycles. The first-order chi connectivity index (χ1) is 10.1. The van der Waals surface area contributed by atoms with Gasteiger partial charge in [-0.25, -0.2) is 0 Å². The number of ether oxygens (including phenoxy) is 1. The highest BCUT2D eigenvalue weighted by atomic mass is 16.5. The number of hydrogen-bond acceptors (Lipinski definition) is 3. The molecule has 0 saturated carbocycles. The number of fused-ring (bicyclic) bond motifs is 1. The van der Waals surface area contributed by atoms with E-state index in [1.54, 1.807) is 6.20 Å². The molecule has 0 unspecified atom stereocenters. The maximum absolute atomic E-state index is 11.8. The zero-order valence-electron chi connectivity index (χ0n) is 12.2. The minimum atomic E-state index is 0.00486. The van der Waals surface area contributed by atoms with E-state index >= 15 is 0 Å². The molecule has 1 amide bonds. The Morgan fingerprint density at radius 1 is 1.43 bits per heavy atom. The van der Waals surface area contributed by atoms with Crippen LogP contribution in [0.15, 0.2) is 30.5 Å². The van der Waals surface area contributed by atoms with Gasteiger partial charge in [0.25, 0.3) is 0 Å². The molecule has 3 rings (SSSR count). The van der Waals surface area contributed by atoms with E-state index in [0.29, 0.717) is 24.8 Å². The molecule has 2 N–H and O–H groups in total. The van der Waals surface area contributed by atoms with Crippen molar-refractivity contribution in [2.45, 2.75) is 26.2 Å². The van der Waals surface area contributed by atoms with E-state index in [2.05, 4.69) is 29.4 Å². The van der Waals surface area contributed by atoms with Crippen LogP contribution in [0.4, 0.5) is 5.82 Å². The molecule has 1 aliphatic heterocycles. The summed E-state index contributed by atoms with van der Waals surface area (Å²) in [6.45, 7) is 4.92. The van der Waals surface area contributed by atoms with Crippen LogP contribution >= 0.6 is 0 Å². The largest absolute Gasteiger partial charge is 0.493 e. The van der Waals surface area contributed by atoms with Crippen LogP contribution in [0.5, 0.6) is 5.75 Å². The topological polar surface area (TPSA) is 67.0 Å². The molecule has 0 fully saturated rings. The molecule has 110 valence electrons. The van der Waals surface area contributed by atoms with Gasteiger partial charge < -0.3 is 10.1 Å². The lowest BCUT2D eigenvalue weighted by Crippen LogP contribution is -2.23. The normalized spacial score (nSPS) is 17.5. The van der Waals surface area contributed by atoms with E-state index in [1.807, 2.05) is 24.3 Å². The van der Waals surface area contributed by atoms with E-state index in [9.17, 15) is 4.79 Å². The Labute approximate surface area is 123 Å². The van der Waals surface area contributed by atoms with Gasteiger partial charge in [0.2, 0.25) is 5.91 Å². The standard InChI is InChI=1S/C16H19N3O2/c1-10(2)9-21-12-5-3-4-11(6-12)13-7-15(20)18-16-14(13)8-17-19-16/h3-6,8,10,13H,7,9H2,1-2H3,(H2,17,18,19,20)/t13-/m0/s1. The van der Waals surface area contributed by atoms with Crippen LogP contribution in [-0.4, -0.2) is 22.7 Å². The lowest BCUT2D eigenvalue weighted by atomic mass is 9.87. The third-order valence-electron chi connectivity index (χ3n) is 3.54. The van der Waals surface area contributed by atoms with Gasteiger partial charge in [-0.15, -0.1) is 0 Å². The maximum atomic E-state index is 11.8. The van der Waals surface area contributed by atoms with Gasteiger partial charge >= 0.3 is 0 Å². The molecule has 0 aliphatic carbocycles. The number of H-pyrrole nitrogens is 1. The predicted molar refractivity (Wildman–Crippen MR) is 80.5 cm³/mol. The molecule has 2 aromatic rings. The van der Waals surface area contributed by atoms with Crippen molar-refractivity contribution in [2.24, 2.45) is 5.92 Å². The van der Waals surface area contributed by atoms with Crippen molar-refractivity contribution in [3.05, 3.63) is 41.6 Å². The maximum Gasteiger partial charge on any atom is 0.226 e. The SMILES string of the molecule is CC(C)COc1cccc([C@@H]2CC(=O)Nc3[nH]ncc32)c1. The summed E-state index contributed by atoms with van der Waals surface area (Å²) in [4.78, 5) is 11.8. The molecule has 5 nitrogen and oxygen atoms in total. The monoisotopic (exact) mass is 285 g/mol. The van der Waals surface area contributed by atoms with Gasteiger partial charge in [-0.2, -0.15) is 5.10 Å². The lowest BCUT2D eigenvalue weighted by molar-refractivity contribution is -0.116. The number of carbonyl (C=O) groups excluding carboxylic acids is 1. The molecule has 1 atom stereocenters. The van der Waals surface area contributed by atoms with E-state index in [0.717, 1.165) is 16.9 Å². The van der Waals surface area contributed by atoms with E-state index in [1.165, 1.54) is 0 Å². The minimum Gasteiger partial charge on any atom is -0.493 e. The fourth-order valence-corrected chi connectivity index (χ4v) is 2.53. The Balaban J connectivity index is 1.87. The number of aromatic nitrogens is 2. The van der Waals surface area contributed by atoms with Crippen LogP contribution in [-0.2, 0) is 4.79 Å². The van der Waals surface area contributed by atoms with Gasteiger partial charge in [0, 0.05) is 17.9 Å². The minimum absolute atomic E-state index is 0.00486. The van der Waals surface area contributed by atoms with Crippen LogP contribution in [0.2, 0.25) is 0 Å². The molecular weight excluding hydrogens is 266 g/mol. The highest BCUT2D eigenvalue weighted by Crippen LogP contribution is 2.36. The first kappa shape index (κ1) is 13.7. The zero-order valence-corrected chi connectivity index (χ0v) is 12.2. The molecular formula is C16H19N3O2. The van der Waals surface area contributed by atoms with Gasteiger partial charge in [-0.05, 0) is 23.6 Å². The van der Waals surface area contributed by atoms with E-state index in [4.69, 9.17) is 4.74 Å². The number of nitrogens with zero attached hydrogens (tertiary/aromatic N) is 1. The molecule has 1 aromatic carbocycles. The first-order valence-corrected chi connectivity index (χ1v) is 7.19. The average Bonchev–Trinajstić information content (AvgIpc) is 2.92. The van der Waals surface area contributed by atoms with E-state index in [-0.39, 0.29) is 11.8 Å². The molecule has 1 aromatic heterocycles. The third-order valence-corrected chi connectivity index (χ3v) is 3.54. The number of benzene rings is 1. The number of anilines is 1. The van der Waals surface area contributed by atoms with Gasteiger partial charge in [0.1, 0.15) is 11.6 Å². The van der Waals surface area contributed by atoms with Gasteiger partial charge in [0.05, 0.1) is 12.8 Å². The Hall–Kier alpha value is -2.30. The van der Waals surface area contributed by atoms with Crippen LogP contribution in [0.1, 0.15) is 37.3 Å². The number of amides is 1. The average molecular weight is 285 g/mol. The lowest BCUT2D eigenvalue weighted by Gasteiger charge is -2.22. The fraction of sp³-hybridized carbons (Fsp3) is 0.375. The third kappa shape index (κ3) is 2.91. The second-order valence-electron chi connectivity index (χ2n) is 5.78. The molecule has 0 radical (unpaired) electrons. The van der Waals surface area contributed by atoms with Crippen LogP contribution in [0, 0.1) is 5.92 Å². The van der Waals surface area contributed by atoms with Crippen LogP contribution in [0.3, 0.4) is 0 Å². The number of carbonyl (C=O) groups is 1. The second kappa shape index (κ2) is 5.60. The van der Waals surface area contributed by atoms with Crippen molar-refractivity contribution < 1.29 is 9.53 Å². The predicted octanol–water partition coefficient (Wildman–Crippen LogP) is 2.92. The summed E-state index contributed by atoms with van der Waals surface area (Å²) in [5.74, 6) is 2.05. The quantitative estimate of drug-likeness (QED) is 0.907. The highest BCUT2D eigenvalue weighted by molar-refractivity contribution is 5.94. The summed E-state index contributed by atoms with van der Waals surface area (Å²) in [6, 6.07) is 7.97. The van der Waals surface area contributed by atoms with Crippen LogP contribution < -0.4 is 10.1 Å². The molecule has 21 heavy (non-hydrogen) atoms. The smallest absolute Gasteiger partial charge is 0.226 e. The number of aromatic amines is 1. The fourth-order valence-electron chi connectivity index (χ4n) is 2.53. The summed E-state index contributed by atoms with van der Waals surface area (Å²) in [5.41, 5.74) is 2.10. The summed E-state index contributed by atoms with van der Waals surface area (Å²) < 4.78 is 5.77. The molecule has 5 heteroatoms. The number of rotatable bonds is 4. The summed E-state index contributed by atoms with van der Waals surface area (Å²) >= 11 is 0. The van der Waals surface area contributed by atoms with E-state index < -0.39 is 0 Å². The van der Waals surface area contributed by atoms with Crippen molar-refractivity contribution in [3.63, 3.8) is 0 Å². The summed E-state index contributed by atoms with van der Waals surface area (Å²) in [6.07, 6.45) is 2.21. The van der Waals surface area contributed by atoms with Crippen LogP contribution in [0.25, 0.3) is 0 Å². The zero-order chi connectivity index (χ0) is 14.8. The molecule has 0 bridgehead atoms. The van der Waals surface area contributed by atoms with Gasteiger partial charge in [0.15, 0.2) is 0 Å². The Bertz CT molecular complexity index is 648. The van der Waals surface area contributed by atoms with Crippen molar-refractivity contribution in [3.8, 4) is 5.75 Å². The van der Waals surface area contributed by atoms with Crippen molar-refractivity contribution >= 4 is 11.7 Å². The van der Waals surface area contributed by atoms with Gasteiger partial charge in [-0.1, -0.05) is 26.0 Å².